The van der Waals surface area contributed by atoms with Gasteiger partial charge in [0.25, 0.3) is 0 Å². The van der Waals surface area contributed by atoms with Crippen molar-refractivity contribution in [1.29, 1.82) is 0 Å². The molecule has 0 spiro atoms. The van der Waals surface area contributed by atoms with Crippen molar-refractivity contribution >= 4 is 11.7 Å². The summed E-state index contributed by atoms with van der Waals surface area (Å²) in [4.78, 5) is 11.3. The molecule has 0 aliphatic carbocycles. The van der Waals surface area contributed by atoms with E-state index in [1.807, 2.05) is 24.3 Å². The maximum absolute atomic E-state index is 11.3. The van der Waals surface area contributed by atoms with Crippen LogP contribution < -0.4 is 0 Å². The van der Waals surface area contributed by atoms with Crippen molar-refractivity contribution in [3.05, 3.63) is 29.8 Å². The number of hydrogen-bond acceptors (Lipinski definition) is 4. The lowest BCUT2D eigenvalue weighted by molar-refractivity contribution is -0.144. The number of carbonyl (C=O) groups is 1. The van der Waals surface area contributed by atoms with Crippen LogP contribution in [0.4, 0.5) is 5.69 Å². The Morgan fingerprint density at radius 3 is 2.47 bits per heavy atom. The molecule has 0 N–H and O–H groups in total. The second-order valence-electron chi connectivity index (χ2n) is 3.66. The number of nitrogens with zero attached hydrogens (tertiary/aromatic N) is 2. The number of ether oxygens (including phenoxy) is 1. The molecule has 0 amide bonds. The van der Waals surface area contributed by atoms with Gasteiger partial charge in [-0.3, -0.25) is 0 Å². The molecule has 0 fully saturated rings. The summed E-state index contributed by atoms with van der Waals surface area (Å²) in [6, 6.07) is 7.23. The molecule has 0 bridgehead atoms. The summed E-state index contributed by atoms with van der Waals surface area (Å²) in [6.07, 6.45) is 0.997. The highest BCUT2D eigenvalue weighted by atomic mass is 16.5. The Morgan fingerprint density at radius 1 is 1.29 bits per heavy atom. The number of azo groups is 1. The summed E-state index contributed by atoms with van der Waals surface area (Å²) in [5.41, 5.74) is 2.00. The summed E-state index contributed by atoms with van der Waals surface area (Å²) < 4.78 is 4.84. The standard InChI is InChI=1S/C13H18N2O2/c1-4-11-6-8-12(9-7-11)15-14-10(3)13(16)17-5-2/h6-10H,4-5H2,1-3H3. The molecule has 0 heterocycles. The van der Waals surface area contributed by atoms with Crippen LogP contribution in [0.15, 0.2) is 34.5 Å². The molecule has 1 aromatic carbocycles. The van der Waals surface area contributed by atoms with E-state index in [9.17, 15) is 4.79 Å². The summed E-state index contributed by atoms with van der Waals surface area (Å²) >= 11 is 0. The van der Waals surface area contributed by atoms with Crippen molar-refractivity contribution < 1.29 is 9.53 Å². The number of carbonyl (C=O) groups excluding carboxylic acids is 1. The Kier molecular flexibility index (Phi) is 5.33. The van der Waals surface area contributed by atoms with Crippen LogP contribution in [-0.4, -0.2) is 18.6 Å². The van der Waals surface area contributed by atoms with Crippen LogP contribution in [-0.2, 0) is 16.0 Å². The first-order chi connectivity index (χ1) is 8.17. The van der Waals surface area contributed by atoms with Crippen LogP contribution in [0, 0.1) is 0 Å². The van der Waals surface area contributed by atoms with Gasteiger partial charge in [0.2, 0.25) is 0 Å². The van der Waals surface area contributed by atoms with Gasteiger partial charge in [-0.1, -0.05) is 19.1 Å². The monoisotopic (exact) mass is 234 g/mol. The van der Waals surface area contributed by atoms with E-state index in [0.717, 1.165) is 12.1 Å². The van der Waals surface area contributed by atoms with E-state index in [4.69, 9.17) is 4.74 Å². The maximum atomic E-state index is 11.3. The van der Waals surface area contributed by atoms with E-state index >= 15 is 0 Å². The van der Waals surface area contributed by atoms with Crippen LogP contribution >= 0.6 is 0 Å². The van der Waals surface area contributed by atoms with Crippen LogP contribution in [0.3, 0.4) is 0 Å². The van der Waals surface area contributed by atoms with Gasteiger partial charge in [-0.05, 0) is 38.0 Å². The SMILES string of the molecule is CCOC(=O)C(C)N=Nc1ccc(CC)cc1. The van der Waals surface area contributed by atoms with Gasteiger partial charge < -0.3 is 4.74 Å². The first-order valence-electron chi connectivity index (χ1n) is 5.83. The Morgan fingerprint density at radius 2 is 1.94 bits per heavy atom. The average molecular weight is 234 g/mol. The van der Waals surface area contributed by atoms with Crippen molar-refractivity contribution in [2.24, 2.45) is 10.2 Å². The first kappa shape index (κ1) is 13.4. The molecule has 1 atom stereocenters. The van der Waals surface area contributed by atoms with E-state index in [-0.39, 0.29) is 5.97 Å². The zero-order valence-corrected chi connectivity index (χ0v) is 10.5. The molecule has 4 heteroatoms. The number of rotatable bonds is 5. The molecule has 0 saturated carbocycles. The van der Waals surface area contributed by atoms with E-state index in [2.05, 4.69) is 17.2 Å². The van der Waals surface area contributed by atoms with Gasteiger partial charge in [0, 0.05) is 0 Å². The predicted molar refractivity (Wildman–Crippen MR) is 66.4 cm³/mol. The summed E-state index contributed by atoms with van der Waals surface area (Å²) in [6.45, 7) is 5.90. The van der Waals surface area contributed by atoms with E-state index in [1.165, 1.54) is 5.56 Å². The van der Waals surface area contributed by atoms with Gasteiger partial charge in [0.1, 0.15) is 0 Å². The summed E-state index contributed by atoms with van der Waals surface area (Å²) in [5, 5.41) is 7.93. The number of esters is 1. The fraction of sp³-hybridized carbons (Fsp3) is 0.462. The highest BCUT2D eigenvalue weighted by molar-refractivity contribution is 5.75. The lowest BCUT2D eigenvalue weighted by Crippen LogP contribution is -2.17. The van der Waals surface area contributed by atoms with Crippen molar-refractivity contribution in [1.82, 2.24) is 0 Å². The Hall–Kier alpha value is -1.71. The fourth-order valence-electron chi connectivity index (χ4n) is 1.26. The predicted octanol–water partition coefficient (Wildman–Crippen LogP) is 3.28. The van der Waals surface area contributed by atoms with E-state index in [1.54, 1.807) is 13.8 Å². The van der Waals surface area contributed by atoms with Crippen molar-refractivity contribution in [2.45, 2.75) is 33.2 Å². The van der Waals surface area contributed by atoms with Crippen LogP contribution in [0.25, 0.3) is 0 Å². The molecule has 1 aromatic rings. The third kappa shape index (κ3) is 4.34. The second-order valence-corrected chi connectivity index (χ2v) is 3.66. The molecule has 0 radical (unpaired) electrons. The average Bonchev–Trinajstić information content (AvgIpc) is 2.36. The molecule has 0 saturated heterocycles. The molecule has 0 aromatic heterocycles. The highest BCUT2D eigenvalue weighted by Crippen LogP contribution is 2.14. The van der Waals surface area contributed by atoms with Crippen molar-refractivity contribution in [3.63, 3.8) is 0 Å². The normalized spacial score (nSPS) is 12.6. The minimum Gasteiger partial charge on any atom is -0.464 e. The van der Waals surface area contributed by atoms with Gasteiger partial charge in [0.15, 0.2) is 6.04 Å². The Bertz CT molecular complexity index is 385. The van der Waals surface area contributed by atoms with Gasteiger partial charge >= 0.3 is 5.97 Å². The molecule has 4 nitrogen and oxygen atoms in total. The summed E-state index contributed by atoms with van der Waals surface area (Å²) in [5.74, 6) is -0.346. The number of benzene rings is 1. The largest absolute Gasteiger partial charge is 0.464 e. The van der Waals surface area contributed by atoms with Gasteiger partial charge in [-0.2, -0.15) is 10.2 Å². The van der Waals surface area contributed by atoms with Gasteiger partial charge in [-0.25, -0.2) is 4.79 Å². The molecule has 0 aliphatic rings. The van der Waals surface area contributed by atoms with Crippen molar-refractivity contribution in [3.8, 4) is 0 Å². The summed E-state index contributed by atoms with van der Waals surface area (Å²) in [7, 11) is 0. The quantitative estimate of drug-likeness (QED) is 0.580. The maximum Gasteiger partial charge on any atom is 0.332 e. The minimum atomic E-state index is -0.555. The molecule has 17 heavy (non-hydrogen) atoms. The molecular weight excluding hydrogens is 216 g/mol. The Labute approximate surface area is 102 Å². The van der Waals surface area contributed by atoms with Gasteiger partial charge in [0.05, 0.1) is 12.3 Å². The van der Waals surface area contributed by atoms with Crippen LogP contribution in [0.5, 0.6) is 0 Å². The minimum absolute atomic E-state index is 0.346. The highest BCUT2D eigenvalue weighted by Gasteiger charge is 2.11. The molecule has 1 rings (SSSR count). The fourth-order valence-corrected chi connectivity index (χ4v) is 1.26. The molecule has 1 unspecified atom stereocenters. The van der Waals surface area contributed by atoms with Gasteiger partial charge in [-0.15, -0.1) is 0 Å². The zero-order valence-electron chi connectivity index (χ0n) is 10.5. The Balaban J connectivity index is 2.60. The lowest BCUT2D eigenvalue weighted by Gasteiger charge is -2.03. The number of aryl methyl sites for hydroxylation is 1. The zero-order chi connectivity index (χ0) is 12.7. The second kappa shape index (κ2) is 6.78. The molecule has 0 aliphatic heterocycles. The van der Waals surface area contributed by atoms with Crippen LogP contribution in [0.1, 0.15) is 26.3 Å². The van der Waals surface area contributed by atoms with E-state index < -0.39 is 6.04 Å². The van der Waals surface area contributed by atoms with E-state index in [0.29, 0.717) is 6.61 Å². The van der Waals surface area contributed by atoms with Crippen LogP contribution in [0.2, 0.25) is 0 Å². The molecule has 92 valence electrons. The first-order valence-corrected chi connectivity index (χ1v) is 5.83. The molecular formula is C13H18N2O2. The third-order valence-corrected chi connectivity index (χ3v) is 2.32. The smallest absolute Gasteiger partial charge is 0.332 e. The van der Waals surface area contributed by atoms with Crippen molar-refractivity contribution in [2.75, 3.05) is 6.61 Å². The lowest BCUT2D eigenvalue weighted by atomic mass is 10.2. The third-order valence-electron chi connectivity index (χ3n) is 2.32. The number of hydrogen-bond donors (Lipinski definition) is 0. The topological polar surface area (TPSA) is 51.0 Å².